The lowest BCUT2D eigenvalue weighted by Gasteiger charge is -2.14. The normalized spacial score (nSPS) is 9.95. The van der Waals surface area contributed by atoms with Crippen LogP contribution < -0.4 is 5.32 Å². The first-order valence-electron chi connectivity index (χ1n) is 6.25. The average molecular weight is 301 g/mol. The molecule has 0 amide bonds. The minimum absolute atomic E-state index is 0.372. The van der Waals surface area contributed by atoms with Gasteiger partial charge in [0.1, 0.15) is 29.0 Å². The van der Waals surface area contributed by atoms with Gasteiger partial charge >= 0.3 is 0 Å². The summed E-state index contributed by atoms with van der Waals surface area (Å²) in [4.78, 5) is 0. The third-order valence-electron chi connectivity index (χ3n) is 3.19. The summed E-state index contributed by atoms with van der Waals surface area (Å²) < 4.78 is 42.0. The quantitative estimate of drug-likeness (QED) is 0.845. The Morgan fingerprint density at radius 1 is 0.909 bits per heavy atom. The number of nitriles is 2. The van der Waals surface area contributed by atoms with Gasteiger partial charge in [-0.15, -0.1) is 0 Å². The first-order chi connectivity index (χ1) is 10.4. The molecule has 0 saturated carbocycles. The van der Waals surface area contributed by atoms with E-state index in [0.29, 0.717) is 11.3 Å². The van der Waals surface area contributed by atoms with Crippen molar-refractivity contribution in [2.24, 2.45) is 0 Å². The number of nitrogens with one attached hydrogen (secondary N) is 1. The molecule has 0 fully saturated rings. The van der Waals surface area contributed by atoms with Crippen molar-refractivity contribution in [3.63, 3.8) is 0 Å². The fourth-order valence-electron chi connectivity index (χ4n) is 2.07. The molecule has 0 radical (unpaired) electrons. The Balaban J connectivity index is 2.65. The Morgan fingerprint density at radius 3 is 2.05 bits per heavy atom. The highest BCUT2D eigenvalue weighted by Crippen LogP contribution is 2.31. The van der Waals surface area contributed by atoms with Gasteiger partial charge in [-0.05, 0) is 25.5 Å². The van der Waals surface area contributed by atoms with Gasteiger partial charge in [-0.25, -0.2) is 13.2 Å². The van der Waals surface area contributed by atoms with Gasteiger partial charge in [0.25, 0.3) is 0 Å². The van der Waals surface area contributed by atoms with E-state index >= 15 is 0 Å². The summed E-state index contributed by atoms with van der Waals surface area (Å²) in [5.41, 5.74) is -0.538. The largest absolute Gasteiger partial charge is 0.350 e. The molecule has 0 unspecified atom stereocenters. The molecule has 2 aromatic rings. The van der Waals surface area contributed by atoms with Crippen molar-refractivity contribution in [3.8, 4) is 12.1 Å². The monoisotopic (exact) mass is 301 g/mol. The molecule has 0 aliphatic heterocycles. The number of hydrogen-bond donors (Lipinski definition) is 1. The van der Waals surface area contributed by atoms with Crippen LogP contribution in [0.4, 0.5) is 24.5 Å². The molecule has 0 aliphatic carbocycles. The number of hydrogen-bond acceptors (Lipinski definition) is 3. The number of nitrogens with zero attached hydrogens (tertiary/aromatic N) is 2. The molecule has 1 N–H and O–H groups in total. The topological polar surface area (TPSA) is 59.6 Å². The minimum Gasteiger partial charge on any atom is -0.350 e. The van der Waals surface area contributed by atoms with Crippen LogP contribution >= 0.6 is 0 Å². The summed E-state index contributed by atoms with van der Waals surface area (Å²) in [5.74, 6) is -4.38. The van der Waals surface area contributed by atoms with Crippen molar-refractivity contribution in [2.45, 2.75) is 13.8 Å². The average Bonchev–Trinajstić information content (AvgIpc) is 2.49. The molecule has 0 aromatic heterocycles. The molecule has 0 aliphatic rings. The predicted octanol–water partition coefficient (Wildman–Crippen LogP) is 4.21. The van der Waals surface area contributed by atoms with E-state index in [1.807, 2.05) is 6.92 Å². The highest BCUT2D eigenvalue weighted by molar-refractivity contribution is 5.68. The van der Waals surface area contributed by atoms with Gasteiger partial charge in [0.05, 0.1) is 0 Å². The third-order valence-corrected chi connectivity index (χ3v) is 3.19. The summed E-state index contributed by atoms with van der Waals surface area (Å²) in [6.45, 7) is 3.57. The molecule has 22 heavy (non-hydrogen) atoms. The van der Waals surface area contributed by atoms with Crippen LogP contribution in [0.2, 0.25) is 0 Å². The Labute approximate surface area is 125 Å². The molecule has 0 heterocycles. The van der Waals surface area contributed by atoms with E-state index in [-0.39, 0.29) is 0 Å². The van der Waals surface area contributed by atoms with Crippen molar-refractivity contribution in [2.75, 3.05) is 5.32 Å². The van der Waals surface area contributed by atoms with Crippen LogP contribution in [-0.2, 0) is 0 Å². The summed E-state index contributed by atoms with van der Waals surface area (Å²) in [7, 11) is 0. The maximum absolute atomic E-state index is 14.2. The van der Waals surface area contributed by atoms with Gasteiger partial charge < -0.3 is 5.32 Å². The molecule has 0 spiro atoms. The predicted molar refractivity (Wildman–Crippen MR) is 74.9 cm³/mol. The Bertz CT molecular complexity index is 845. The number of halogens is 3. The molecule has 2 rings (SSSR count). The summed E-state index contributed by atoms with van der Waals surface area (Å²) in [6.07, 6.45) is 0. The molecule has 0 atom stereocenters. The van der Waals surface area contributed by atoms with E-state index in [1.165, 1.54) is 12.1 Å². The second-order valence-electron chi connectivity index (χ2n) is 4.73. The van der Waals surface area contributed by atoms with E-state index in [9.17, 15) is 13.2 Å². The molecule has 0 saturated heterocycles. The Kier molecular flexibility index (Phi) is 4.05. The van der Waals surface area contributed by atoms with Gasteiger partial charge in [0.2, 0.25) is 0 Å². The van der Waals surface area contributed by atoms with Crippen molar-refractivity contribution in [1.29, 1.82) is 10.5 Å². The SMILES string of the molecule is Cc1ccc(Nc2c(F)c(F)c(C#N)c(C#N)c2F)c(C)c1. The third kappa shape index (κ3) is 2.47. The van der Waals surface area contributed by atoms with Crippen LogP contribution in [0.5, 0.6) is 0 Å². The zero-order chi connectivity index (χ0) is 16.4. The van der Waals surface area contributed by atoms with E-state index < -0.39 is 34.3 Å². The van der Waals surface area contributed by atoms with Crippen molar-refractivity contribution >= 4 is 11.4 Å². The van der Waals surface area contributed by atoms with E-state index in [1.54, 1.807) is 25.1 Å². The van der Waals surface area contributed by atoms with Gasteiger partial charge in [-0.1, -0.05) is 17.7 Å². The lowest BCUT2D eigenvalue weighted by atomic mass is 10.1. The lowest BCUT2D eigenvalue weighted by Crippen LogP contribution is -2.07. The second kappa shape index (κ2) is 5.79. The van der Waals surface area contributed by atoms with Crippen LogP contribution in [0.25, 0.3) is 0 Å². The van der Waals surface area contributed by atoms with Crippen LogP contribution in [0, 0.1) is 54.0 Å². The number of anilines is 2. The first kappa shape index (κ1) is 15.4. The molecule has 3 nitrogen and oxygen atoms in total. The van der Waals surface area contributed by atoms with Gasteiger partial charge in [-0.2, -0.15) is 10.5 Å². The fourth-order valence-corrected chi connectivity index (χ4v) is 2.07. The molecule has 6 heteroatoms. The zero-order valence-electron chi connectivity index (χ0n) is 11.8. The van der Waals surface area contributed by atoms with Crippen molar-refractivity contribution in [1.82, 2.24) is 0 Å². The smallest absolute Gasteiger partial charge is 0.186 e. The molecule has 0 bridgehead atoms. The zero-order valence-corrected chi connectivity index (χ0v) is 11.8. The van der Waals surface area contributed by atoms with Crippen LogP contribution in [0.1, 0.15) is 22.3 Å². The number of benzene rings is 2. The van der Waals surface area contributed by atoms with E-state index in [4.69, 9.17) is 10.5 Å². The lowest BCUT2D eigenvalue weighted by molar-refractivity contribution is 0.496. The van der Waals surface area contributed by atoms with Crippen LogP contribution in [-0.4, -0.2) is 0 Å². The molecule has 110 valence electrons. The second-order valence-corrected chi connectivity index (χ2v) is 4.73. The van der Waals surface area contributed by atoms with Crippen molar-refractivity contribution in [3.05, 3.63) is 57.9 Å². The van der Waals surface area contributed by atoms with E-state index in [2.05, 4.69) is 5.32 Å². The molecule has 2 aromatic carbocycles. The summed E-state index contributed by atoms with van der Waals surface area (Å²) in [6, 6.07) is 7.78. The number of rotatable bonds is 2. The highest BCUT2D eigenvalue weighted by atomic mass is 19.2. The molecular formula is C16H10F3N3. The standard InChI is InChI=1S/C16H10F3N3/c1-8-3-4-12(9(2)5-8)22-16-14(18)11(7-21)10(6-20)13(17)15(16)19/h3-5,22H,1-2H3. The summed E-state index contributed by atoms with van der Waals surface area (Å²) in [5, 5.41) is 20.1. The Hall–Kier alpha value is -2.99. The first-order valence-corrected chi connectivity index (χ1v) is 6.25. The maximum atomic E-state index is 14.2. The minimum atomic E-state index is -1.55. The number of aryl methyl sites for hydroxylation is 2. The van der Waals surface area contributed by atoms with Crippen molar-refractivity contribution < 1.29 is 13.2 Å². The Morgan fingerprint density at radius 2 is 1.50 bits per heavy atom. The van der Waals surface area contributed by atoms with Gasteiger partial charge in [0.15, 0.2) is 17.5 Å². The maximum Gasteiger partial charge on any atom is 0.186 e. The van der Waals surface area contributed by atoms with E-state index in [0.717, 1.165) is 5.56 Å². The molecular weight excluding hydrogens is 291 g/mol. The van der Waals surface area contributed by atoms with Crippen LogP contribution in [0.15, 0.2) is 18.2 Å². The van der Waals surface area contributed by atoms with Gasteiger partial charge in [-0.3, -0.25) is 0 Å². The van der Waals surface area contributed by atoms with Crippen LogP contribution in [0.3, 0.4) is 0 Å². The summed E-state index contributed by atoms with van der Waals surface area (Å²) >= 11 is 0. The fraction of sp³-hybridized carbons (Fsp3) is 0.125. The van der Waals surface area contributed by atoms with Gasteiger partial charge in [0, 0.05) is 5.69 Å². The highest BCUT2D eigenvalue weighted by Gasteiger charge is 2.25.